The van der Waals surface area contributed by atoms with E-state index in [-0.39, 0.29) is 24.3 Å². The fourth-order valence-corrected chi connectivity index (χ4v) is 4.84. The van der Waals surface area contributed by atoms with Gasteiger partial charge in [-0.1, -0.05) is 49.4 Å². The molecule has 2 aliphatic rings. The zero-order chi connectivity index (χ0) is 24.5. The fraction of sp³-hybridized carbons (Fsp3) is 0.481. The Labute approximate surface area is 201 Å². The van der Waals surface area contributed by atoms with Gasteiger partial charge in [0.05, 0.1) is 29.9 Å². The van der Waals surface area contributed by atoms with Crippen LogP contribution >= 0.6 is 0 Å². The van der Waals surface area contributed by atoms with E-state index in [9.17, 15) is 14.7 Å². The van der Waals surface area contributed by atoms with E-state index in [2.05, 4.69) is 0 Å². The van der Waals surface area contributed by atoms with Gasteiger partial charge in [-0.25, -0.2) is 4.90 Å². The highest BCUT2D eigenvalue weighted by Crippen LogP contribution is 2.51. The number of rotatable bonds is 10. The largest absolute Gasteiger partial charge is 0.376 e. The lowest BCUT2D eigenvalue weighted by atomic mass is 10.1. The Bertz CT molecular complexity index is 1000. The molecule has 1 aliphatic heterocycles. The first-order chi connectivity index (χ1) is 16.2. The van der Waals surface area contributed by atoms with E-state index < -0.39 is 17.6 Å². The van der Waals surface area contributed by atoms with Crippen LogP contribution in [0.15, 0.2) is 54.6 Å². The van der Waals surface area contributed by atoms with Crippen LogP contribution in [0.3, 0.4) is 0 Å². The summed E-state index contributed by atoms with van der Waals surface area (Å²) in [4.78, 5) is 29.4. The summed E-state index contributed by atoms with van der Waals surface area (Å²) < 4.78 is 11.9. The molecule has 1 saturated carbocycles. The zero-order valence-corrected chi connectivity index (χ0v) is 20.4. The van der Waals surface area contributed by atoms with Gasteiger partial charge in [-0.2, -0.15) is 0 Å². The number of hydrogen-bond donors (Lipinski definition) is 1. The molecule has 1 fully saturated rings. The van der Waals surface area contributed by atoms with Gasteiger partial charge < -0.3 is 14.6 Å². The van der Waals surface area contributed by atoms with E-state index in [0.717, 1.165) is 5.56 Å². The minimum atomic E-state index is -1.17. The second kappa shape index (κ2) is 9.58. The Balaban J connectivity index is 1.54. The van der Waals surface area contributed by atoms with Crippen LogP contribution in [0.4, 0.5) is 0 Å². The van der Waals surface area contributed by atoms with Crippen molar-refractivity contribution >= 4 is 11.8 Å². The third-order valence-corrected chi connectivity index (χ3v) is 6.58. The molecule has 2 aromatic rings. The number of amides is 2. The Morgan fingerprint density at radius 1 is 1.06 bits per heavy atom. The number of aliphatic hydroxyl groups excluding tert-OH is 1. The maximum absolute atomic E-state index is 13.1. The molecule has 1 heterocycles. The molecule has 0 aromatic heterocycles. The fourth-order valence-electron chi connectivity index (χ4n) is 4.84. The summed E-state index contributed by atoms with van der Waals surface area (Å²) in [6.45, 7) is 9.20. The Hall–Kier alpha value is -2.58. The van der Waals surface area contributed by atoms with Gasteiger partial charge in [-0.05, 0) is 44.9 Å². The summed E-state index contributed by atoms with van der Waals surface area (Å²) in [5, 5.41) is 11.0. The lowest BCUT2D eigenvalue weighted by molar-refractivity contribution is -0.253. The van der Waals surface area contributed by atoms with Gasteiger partial charge >= 0.3 is 0 Å². The van der Waals surface area contributed by atoms with Crippen LogP contribution in [-0.2, 0) is 16.1 Å². The van der Waals surface area contributed by atoms with E-state index in [1.807, 2.05) is 62.9 Å². The number of ether oxygens (including phenoxy) is 2. The number of nitrogens with zero attached hydrogens (tertiary/aromatic N) is 2. The molecule has 0 bridgehead atoms. The van der Waals surface area contributed by atoms with E-state index in [0.29, 0.717) is 37.3 Å². The van der Waals surface area contributed by atoms with Crippen molar-refractivity contribution in [3.8, 4) is 0 Å². The average molecular weight is 467 g/mol. The molecule has 0 saturated heterocycles. The number of imide groups is 1. The quantitative estimate of drug-likeness (QED) is 0.425. The summed E-state index contributed by atoms with van der Waals surface area (Å²) >= 11 is 0. The van der Waals surface area contributed by atoms with Gasteiger partial charge in [0.2, 0.25) is 6.41 Å². The van der Waals surface area contributed by atoms with Crippen LogP contribution in [0.1, 0.15) is 60.4 Å². The monoisotopic (exact) mass is 466 g/mol. The smallest absolute Gasteiger partial charge is 0.261 e. The molecular formula is C27H34N2O5. The van der Waals surface area contributed by atoms with Crippen LogP contribution in [-0.4, -0.2) is 64.0 Å². The summed E-state index contributed by atoms with van der Waals surface area (Å²) in [5.74, 6) is -0.546. The van der Waals surface area contributed by atoms with Gasteiger partial charge in [0.25, 0.3) is 11.8 Å². The summed E-state index contributed by atoms with van der Waals surface area (Å²) in [5.41, 5.74) is 0.753. The minimum absolute atomic E-state index is 0.0405. The van der Waals surface area contributed by atoms with Crippen LogP contribution in [0.25, 0.3) is 0 Å². The van der Waals surface area contributed by atoms with Crippen LogP contribution in [0, 0.1) is 5.92 Å². The first-order valence-corrected chi connectivity index (χ1v) is 11.9. The molecule has 7 heteroatoms. The summed E-state index contributed by atoms with van der Waals surface area (Å²) in [6.07, 6.45) is -0.479. The number of benzene rings is 2. The number of carbonyl (C=O) groups is 2. The Morgan fingerprint density at radius 2 is 1.65 bits per heavy atom. The zero-order valence-electron chi connectivity index (χ0n) is 20.4. The number of likely N-dealkylation sites (N-methyl/N-ethyl adjacent to an activating group) is 1. The SMILES string of the molecule is CCN(C(O)OC(C)(C)C)[C@]1(CN2C(=O)c3ccccc3C2=O)C[C@H]1COCc1ccccc1. The number of hydrogen-bond acceptors (Lipinski definition) is 6. The Kier molecular flexibility index (Phi) is 6.92. The van der Waals surface area contributed by atoms with Gasteiger partial charge in [-0.15, -0.1) is 0 Å². The normalized spacial score (nSPS) is 22.9. The van der Waals surface area contributed by atoms with Crippen molar-refractivity contribution in [2.45, 2.75) is 58.3 Å². The van der Waals surface area contributed by atoms with Gasteiger partial charge in [0.1, 0.15) is 0 Å². The molecule has 2 amide bonds. The number of carbonyl (C=O) groups excluding carboxylic acids is 2. The standard InChI is InChI=1S/C27H34N2O5/c1-5-29(25(32)34-26(2,3)4)27(15-20(27)17-33-16-19-11-7-6-8-12-19)18-28-23(30)21-13-9-10-14-22(21)24(28)31/h6-14,20,25,32H,5,15-18H2,1-4H3/t20-,25?,27-/m0/s1. The van der Waals surface area contributed by atoms with E-state index in [4.69, 9.17) is 9.47 Å². The van der Waals surface area contributed by atoms with Crippen LogP contribution < -0.4 is 0 Å². The topological polar surface area (TPSA) is 79.3 Å². The molecular weight excluding hydrogens is 432 g/mol. The molecule has 4 rings (SSSR count). The molecule has 1 aliphatic carbocycles. The van der Waals surface area contributed by atoms with Crippen molar-refractivity contribution in [2.75, 3.05) is 19.7 Å². The van der Waals surface area contributed by atoms with Crippen molar-refractivity contribution in [1.29, 1.82) is 0 Å². The highest BCUT2D eigenvalue weighted by molar-refractivity contribution is 6.21. The van der Waals surface area contributed by atoms with E-state index in [1.165, 1.54) is 4.90 Å². The molecule has 1 N–H and O–H groups in total. The number of aliphatic hydroxyl groups is 1. The molecule has 3 atom stereocenters. The van der Waals surface area contributed by atoms with Crippen LogP contribution in [0.2, 0.25) is 0 Å². The lowest BCUT2D eigenvalue weighted by Crippen LogP contribution is -2.55. The number of fused-ring (bicyclic) bond motifs is 1. The maximum Gasteiger partial charge on any atom is 0.261 e. The highest BCUT2D eigenvalue weighted by atomic mass is 16.6. The minimum Gasteiger partial charge on any atom is -0.376 e. The van der Waals surface area contributed by atoms with E-state index >= 15 is 0 Å². The van der Waals surface area contributed by atoms with Gasteiger partial charge in [0.15, 0.2) is 0 Å². The van der Waals surface area contributed by atoms with Crippen molar-refractivity contribution < 1.29 is 24.2 Å². The van der Waals surface area contributed by atoms with Crippen LogP contribution in [0.5, 0.6) is 0 Å². The Morgan fingerprint density at radius 3 is 2.21 bits per heavy atom. The first-order valence-electron chi connectivity index (χ1n) is 11.9. The predicted octanol–water partition coefficient (Wildman–Crippen LogP) is 3.67. The second-order valence-electron chi connectivity index (χ2n) is 10.1. The lowest BCUT2D eigenvalue weighted by Gasteiger charge is -2.39. The van der Waals surface area contributed by atoms with Gasteiger partial charge in [-0.3, -0.25) is 14.5 Å². The molecule has 182 valence electrons. The molecule has 0 radical (unpaired) electrons. The third kappa shape index (κ3) is 4.93. The summed E-state index contributed by atoms with van der Waals surface area (Å²) in [6, 6.07) is 16.8. The van der Waals surface area contributed by atoms with Crippen molar-refractivity contribution in [2.24, 2.45) is 5.92 Å². The van der Waals surface area contributed by atoms with Crippen molar-refractivity contribution in [3.05, 3.63) is 71.3 Å². The molecule has 7 nitrogen and oxygen atoms in total. The molecule has 1 unspecified atom stereocenters. The average Bonchev–Trinajstić information content (AvgIpc) is 3.43. The third-order valence-electron chi connectivity index (χ3n) is 6.58. The van der Waals surface area contributed by atoms with E-state index in [1.54, 1.807) is 24.3 Å². The predicted molar refractivity (Wildman–Crippen MR) is 128 cm³/mol. The van der Waals surface area contributed by atoms with Gasteiger partial charge in [0, 0.05) is 24.5 Å². The summed E-state index contributed by atoms with van der Waals surface area (Å²) in [7, 11) is 0. The van der Waals surface area contributed by atoms with Crippen molar-refractivity contribution in [1.82, 2.24) is 9.80 Å². The molecule has 0 spiro atoms. The second-order valence-corrected chi connectivity index (χ2v) is 10.1. The molecule has 34 heavy (non-hydrogen) atoms. The van der Waals surface area contributed by atoms with Crippen molar-refractivity contribution in [3.63, 3.8) is 0 Å². The first kappa shape index (κ1) is 24.5. The maximum atomic E-state index is 13.1. The highest BCUT2D eigenvalue weighted by Gasteiger charge is 2.61. The molecule has 2 aromatic carbocycles.